The standard InChI is InChI=1S/C9H9BrClN/c10-8-2-1-6(11)5-7(8)9-3-4-12-9/h1-2,5,9,12H,3-4H2/t9-/m0/s1. The second-order valence-electron chi connectivity index (χ2n) is 2.96. The summed E-state index contributed by atoms with van der Waals surface area (Å²) in [5.74, 6) is 0. The maximum Gasteiger partial charge on any atom is 0.0410 e. The molecule has 0 aliphatic carbocycles. The second kappa shape index (κ2) is 3.36. The first-order chi connectivity index (χ1) is 5.77. The van der Waals surface area contributed by atoms with Gasteiger partial charge in [-0.2, -0.15) is 0 Å². The molecule has 0 spiro atoms. The van der Waals surface area contributed by atoms with E-state index in [9.17, 15) is 0 Å². The van der Waals surface area contributed by atoms with E-state index in [0.29, 0.717) is 6.04 Å². The van der Waals surface area contributed by atoms with Crippen LogP contribution in [0, 0.1) is 0 Å². The molecule has 1 aromatic carbocycles. The molecule has 0 saturated carbocycles. The Morgan fingerprint density at radius 1 is 1.50 bits per heavy atom. The number of hydrogen-bond acceptors (Lipinski definition) is 1. The van der Waals surface area contributed by atoms with Crippen molar-refractivity contribution in [2.24, 2.45) is 0 Å². The third kappa shape index (κ3) is 1.51. The first-order valence-corrected chi connectivity index (χ1v) is 5.13. The van der Waals surface area contributed by atoms with Crippen molar-refractivity contribution < 1.29 is 0 Å². The average molecular weight is 247 g/mol. The van der Waals surface area contributed by atoms with Gasteiger partial charge < -0.3 is 5.32 Å². The summed E-state index contributed by atoms with van der Waals surface area (Å²) in [6.07, 6.45) is 1.21. The van der Waals surface area contributed by atoms with Crippen LogP contribution >= 0.6 is 27.5 Å². The van der Waals surface area contributed by atoms with Gasteiger partial charge in [0.15, 0.2) is 0 Å². The van der Waals surface area contributed by atoms with E-state index < -0.39 is 0 Å². The van der Waals surface area contributed by atoms with Gasteiger partial charge in [0.1, 0.15) is 0 Å². The smallest absolute Gasteiger partial charge is 0.0410 e. The Kier molecular flexibility index (Phi) is 2.40. The Balaban J connectivity index is 2.34. The largest absolute Gasteiger partial charge is 0.310 e. The molecule has 1 N–H and O–H groups in total. The fourth-order valence-corrected chi connectivity index (χ4v) is 2.04. The topological polar surface area (TPSA) is 12.0 Å². The third-order valence-electron chi connectivity index (χ3n) is 2.16. The normalized spacial score (nSPS) is 22.0. The summed E-state index contributed by atoms with van der Waals surface area (Å²) in [6.45, 7) is 1.11. The summed E-state index contributed by atoms with van der Waals surface area (Å²) in [4.78, 5) is 0. The van der Waals surface area contributed by atoms with Crippen molar-refractivity contribution in [3.63, 3.8) is 0 Å². The van der Waals surface area contributed by atoms with Crippen LogP contribution in [-0.2, 0) is 0 Å². The lowest BCUT2D eigenvalue weighted by atomic mass is 9.98. The molecule has 0 aromatic heterocycles. The van der Waals surface area contributed by atoms with E-state index in [1.807, 2.05) is 18.2 Å². The third-order valence-corrected chi connectivity index (χ3v) is 3.11. The van der Waals surface area contributed by atoms with Crippen LogP contribution in [0.5, 0.6) is 0 Å². The zero-order chi connectivity index (χ0) is 8.55. The van der Waals surface area contributed by atoms with Crippen molar-refractivity contribution in [1.29, 1.82) is 0 Å². The molecule has 0 unspecified atom stereocenters. The van der Waals surface area contributed by atoms with Crippen LogP contribution in [0.2, 0.25) is 5.02 Å². The predicted molar refractivity (Wildman–Crippen MR) is 54.5 cm³/mol. The van der Waals surface area contributed by atoms with Crippen LogP contribution in [-0.4, -0.2) is 6.54 Å². The lowest BCUT2D eigenvalue weighted by Crippen LogP contribution is -2.35. The molecule has 1 aliphatic rings. The lowest BCUT2D eigenvalue weighted by molar-refractivity contribution is 0.382. The molecule has 3 heteroatoms. The average Bonchev–Trinajstić information content (AvgIpc) is 1.93. The molecule has 1 fully saturated rings. The Morgan fingerprint density at radius 2 is 2.25 bits per heavy atom. The van der Waals surface area contributed by atoms with Crippen LogP contribution in [0.25, 0.3) is 0 Å². The van der Waals surface area contributed by atoms with Gasteiger partial charge in [-0.05, 0) is 36.7 Å². The molecule has 0 bridgehead atoms. The van der Waals surface area contributed by atoms with Crippen LogP contribution in [0.3, 0.4) is 0 Å². The highest BCUT2D eigenvalue weighted by Crippen LogP contribution is 2.31. The molecule has 0 amide bonds. The van der Waals surface area contributed by atoms with E-state index in [1.54, 1.807) is 0 Å². The first-order valence-electron chi connectivity index (χ1n) is 3.96. The van der Waals surface area contributed by atoms with E-state index >= 15 is 0 Å². The molecule has 1 saturated heterocycles. The summed E-state index contributed by atoms with van der Waals surface area (Å²) in [6, 6.07) is 6.41. The zero-order valence-corrected chi connectivity index (χ0v) is 8.82. The van der Waals surface area contributed by atoms with Gasteiger partial charge in [-0.25, -0.2) is 0 Å². The highest BCUT2D eigenvalue weighted by molar-refractivity contribution is 9.10. The summed E-state index contributed by atoms with van der Waals surface area (Å²) >= 11 is 9.40. The Bertz CT molecular complexity index is 297. The van der Waals surface area contributed by atoms with Crippen molar-refractivity contribution in [2.45, 2.75) is 12.5 Å². The molecule has 1 nitrogen and oxygen atoms in total. The van der Waals surface area contributed by atoms with Gasteiger partial charge in [-0.15, -0.1) is 0 Å². The minimum Gasteiger partial charge on any atom is -0.310 e. The van der Waals surface area contributed by atoms with Crippen LogP contribution in [0.15, 0.2) is 22.7 Å². The molecule has 1 heterocycles. The van der Waals surface area contributed by atoms with Crippen LogP contribution in [0.4, 0.5) is 0 Å². The van der Waals surface area contributed by atoms with Crippen LogP contribution < -0.4 is 5.32 Å². The highest BCUT2D eigenvalue weighted by atomic mass is 79.9. The molecule has 0 radical (unpaired) electrons. The second-order valence-corrected chi connectivity index (χ2v) is 4.25. The van der Waals surface area contributed by atoms with E-state index in [-0.39, 0.29) is 0 Å². The van der Waals surface area contributed by atoms with Gasteiger partial charge in [0.2, 0.25) is 0 Å². The molecule has 1 aliphatic heterocycles. The zero-order valence-electron chi connectivity index (χ0n) is 6.48. The molecule has 1 atom stereocenters. The van der Waals surface area contributed by atoms with E-state index in [4.69, 9.17) is 11.6 Å². The quantitative estimate of drug-likeness (QED) is 0.803. The van der Waals surface area contributed by atoms with Crippen molar-refractivity contribution in [1.82, 2.24) is 5.32 Å². The maximum atomic E-state index is 5.89. The number of benzene rings is 1. The monoisotopic (exact) mass is 245 g/mol. The summed E-state index contributed by atoms with van der Waals surface area (Å²) in [5, 5.41) is 4.15. The van der Waals surface area contributed by atoms with E-state index in [2.05, 4.69) is 21.2 Å². The van der Waals surface area contributed by atoms with Gasteiger partial charge in [-0.3, -0.25) is 0 Å². The number of halogens is 2. The molecular weight excluding hydrogens is 237 g/mol. The van der Waals surface area contributed by atoms with E-state index in [1.165, 1.54) is 12.0 Å². The minimum absolute atomic E-state index is 0.498. The minimum atomic E-state index is 0.498. The number of hydrogen-bond donors (Lipinski definition) is 1. The molecule has 64 valence electrons. The van der Waals surface area contributed by atoms with Gasteiger partial charge in [0.25, 0.3) is 0 Å². The fourth-order valence-electron chi connectivity index (χ4n) is 1.34. The van der Waals surface area contributed by atoms with Crippen LogP contribution in [0.1, 0.15) is 18.0 Å². The van der Waals surface area contributed by atoms with Gasteiger partial charge >= 0.3 is 0 Å². The highest BCUT2D eigenvalue weighted by Gasteiger charge is 2.20. The lowest BCUT2D eigenvalue weighted by Gasteiger charge is -2.28. The molecular formula is C9H9BrClN. The molecule has 2 rings (SSSR count). The molecule has 1 aromatic rings. The Labute approximate surface area is 85.2 Å². The summed E-state index contributed by atoms with van der Waals surface area (Å²) in [7, 11) is 0. The van der Waals surface area contributed by atoms with Gasteiger partial charge in [0.05, 0.1) is 0 Å². The Hall–Kier alpha value is -0.0500. The number of nitrogens with one attached hydrogen (secondary N) is 1. The van der Waals surface area contributed by atoms with Gasteiger partial charge in [0, 0.05) is 15.5 Å². The van der Waals surface area contributed by atoms with Crippen molar-refractivity contribution in [3.05, 3.63) is 33.3 Å². The maximum absolute atomic E-state index is 5.89. The molecule has 12 heavy (non-hydrogen) atoms. The number of rotatable bonds is 1. The van der Waals surface area contributed by atoms with E-state index in [0.717, 1.165) is 16.0 Å². The van der Waals surface area contributed by atoms with Crippen molar-refractivity contribution >= 4 is 27.5 Å². The summed E-state index contributed by atoms with van der Waals surface area (Å²) < 4.78 is 1.14. The SMILES string of the molecule is Clc1ccc(Br)c([C@@H]2CCN2)c1. The fraction of sp³-hybridized carbons (Fsp3) is 0.333. The summed E-state index contributed by atoms with van der Waals surface area (Å²) in [5.41, 5.74) is 1.27. The van der Waals surface area contributed by atoms with Crippen molar-refractivity contribution in [2.75, 3.05) is 6.54 Å². The Morgan fingerprint density at radius 3 is 2.83 bits per heavy atom. The van der Waals surface area contributed by atoms with Crippen molar-refractivity contribution in [3.8, 4) is 0 Å². The van der Waals surface area contributed by atoms with Gasteiger partial charge in [-0.1, -0.05) is 27.5 Å². The first kappa shape index (κ1) is 8.54. The predicted octanol–water partition coefficient (Wildman–Crippen LogP) is 3.14.